The lowest BCUT2D eigenvalue weighted by Crippen LogP contribution is -2.33. The van der Waals surface area contributed by atoms with Crippen LogP contribution in [-0.4, -0.2) is 18.5 Å². The van der Waals surface area contributed by atoms with Crippen molar-refractivity contribution in [1.29, 1.82) is 10.7 Å². The molecule has 126 valence electrons. The van der Waals surface area contributed by atoms with Gasteiger partial charge in [0.05, 0.1) is 18.2 Å². The zero-order valence-electron chi connectivity index (χ0n) is 13.6. The smallest absolute Gasteiger partial charge is 0.338 e. The van der Waals surface area contributed by atoms with Crippen molar-refractivity contribution in [3.05, 3.63) is 46.2 Å². The Morgan fingerprint density at radius 2 is 2.04 bits per heavy atom. The molecule has 1 aliphatic heterocycles. The van der Waals surface area contributed by atoms with E-state index in [1.807, 2.05) is 6.92 Å². The summed E-state index contributed by atoms with van der Waals surface area (Å²) in [5.74, 6) is -1.73. The van der Waals surface area contributed by atoms with E-state index < -0.39 is 17.8 Å². The largest absolute Gasteiger partial charge is 0.463 e. The Bertz CT molecular complexity index is 704. The monoisotopic (exact) mass is 346 g/mol. The molecule has 2 rings (SSSR count). The molecule has 1 aromatic rings. The molecule has 1 heterocycles. The van der Waals surface area contributed by atoms with Crippen molar-refractivity contribution in [1.82, 2.24) is 0 Å². The van der Waals surface area contributed by atoms with Crippen molar-refractivity contribution >= 4 is 23.5 Å². The lowest BCUT2D eigenvalue weighted by atomic mass is 9.78. The topological polar surface area (TPSA) is 83.2 Å². The van der Waals surface area contributed by atoms with Crippen LogP contribution in [0.1, 0.15) is 38.2 Å². The van der Waals surface area contributed by atoms with Gasteiger partial charge in [-0.2, -0.15) is 5.26 Å². The molecule has 2 unspecified atom stereocenters. The Kier molecular flexibility index (Phi) is 5.99. The zero-order valence-corrected chi connectivity index (χ0v) is 14.4. The van der Waals surface area contributed by atoms with Gasteiger partial charge < -0.3 is 9.47 Å². The van der Waals surface area contributed by atoms with Crippen LogP contribution < -0.4 is 0 Å². The molecule has 2 atom stereocenters. The second-order valence-electron chi connectivity index (χ2n) is 5.41. The second kappa shape index (κ2) is 7.98. The minimum Gasteiger partial charge on any atom is -0.463 e. The van der Waals surface area contributed by atoms with E-state index in [2.05, 4.69) is 6.07 Å². The first kappa shape index (κ1) is 18.0. The van der Waals surface area contributed by atoms with Crippen LogP contribution in [0.3, 0.4) is 0 Å². The van der Waals surface area contributed by atoms with Gasteiger partial charge >= 0.3 is 5.97 Å². The number of benzene rings is 1. The molecule has 0 fully saturated rings. The highest BCUT2D eigenvalue weighted by Crippen LogP contribution is 2.41. The molecule has 24 heavy (non-hydrogen) atoms. The van der Waals surface area contributed by atoms with E-state index in [9.17, 15) is 10.1 Å². The van der Waals surface area contributed by atoms with Crippen molar-refractivity contribution in [2.75, 3.05) is 6.61 Å². The Morgan fingerprint density at radius 1 is 1.38 bits per heavy atom. The van der Waals surface area contributed by atoms with E-state index >= 15 is 0 Å². The molecular weight excluding hydrogens is 328 g/mol. The van der Waals surface area contributed by atoms with Crippen LogP contribution in [0.4, 0.5) is 0 Å². The van der Waals surface area contributed by atoms with Gasteiger partial charge in [-0.1, -0.05) is 30.7 Å². The van der Waals surface area contributed by atoms with Gasteiger partial charge in [0.25, 0.3) is 0 Å². The molecule has 1 N–H and O–H groups in total. The number of hydrogen-bond donors (Lipinski definition) is 1. The van der Waals surface area contributed by atoms with Gasteiger partial charge in [0, 0.05) is 17.4 Å². The quantitative estimate of drug-likeness (QED) is 0.810. The Labute approximate surface area is 146 Å². The van der Waals surface area contributed by atoms with Crippen LogP contribution in [0.25, 0.3) is 0 Å². The molecule has 0 aliphatic carbocycles. The Morgan fingerprint density at radius 3 is 2.58 bits per heavy atom. The molecule has 0 amide bonds. The molecule has 5 nitrogen and oxygen atoms in total. The number of carbonyl (C=O) groups excluding carboxylic acids is 1. The van der Waals surface area contributed by atoms with Crippen molar-refractivity contribution in [3.8, 4) is 6.07 Å². The third-order valence-corrected chi connectivity index (χ3v) is 4.05. The molecule has 0 saturated heterocycles. The lowest BCUT2D eigenvalue weighted by Gasteiger charge is -2.31. The van der Waals surface area contributed by atoms with E-state index in [0.29, 0.717) is 22.8 Å². The summed E-state index contributed by atoms with van der Waals surface area (Å²) in [6.07, 6.45) is 1.24. The number of rotatable bonds is 5. The van der Waals surface area contributed by atoms with E-state index in [0.717, 1.165) is 12.0 Å². The summed E-state index contributed by atoms with van der Waals surface area (Å²) in [6, 6.07) is 9.01. The average molecular weight is 347 g/mol. The maximum Gasteiger partial charge on any atom is 0.338 e. The van der Waals surface area contributed by atoms with Gasteiger partial charge in [-0.3, -0.25) is 5.41 Å². The van der Waals surface area contributed by atoms with Crippen LogP contribution in [0.2, 0.25) is 5.02 Å². The Balaban J connectivity index is 2.62. The average Bonchev–Trinajstić information content (AvgIpc) is 2.55. The fraction of sp³-hybridized carbons (Fsp3) is 0.389. The highest BCUT2D eigenvalue weighted by Gasteiger charge is 2.42. The fourth-order valence-electron chi connectivity index (χ4n) is 2.77. The molecule has 0 spiro atoms. The number of nitrogens with one attached hydrogen (secondary N) is 1. The van der Waals surface area contributed by atoms with Gasteiger partial charge in [-0.15, -0.1) is 0 Å². The molecule has 1 aliphatic rings. The molecule has 1 aromatic carbocycles. The standard InChI is InChI=1S/C18H19ClN2O3/c1-3-5-14-16(18(22)23-4-2)15(13(10-20)17(21)24-14)11-6-8-12(19)9-7-11/h6-9,13,15,21H,3-5H2,1-2H3. The summed E-state index contributed by atoms with van der Waals surface area (Å²) in [5, 5.41) is 18.1. The third kappa shape index (κ3) is 3.60. The summed E-state index contributed by atoms with van der Waals surface area (Å²) in [7, 11) is 0. The number of nitrogens with zero attached hydrogens (tertiary/aromatic N) is 1. The van der Waals surface area contributed by atoms with Crippen LogP contribution in [0, 0.1) is 22.7 Å². The molecule has 0 bridgehead atoms. The number of ether oxygens (including phenoxy) is 2. The summed E-state index contributed by atoms with van der Waals surface area (Å²) in [4.78, 5) is 12.5. The van der Waals surface area contributed by atoms with E-state index in [1.54, 1.807) is 31.2 Å². The fourth-order valence-corrected chi connectivity index (χ4v) is 2.89. The van der Waals surface area contributed by atoms with Crippen molar-refractivity contribution < 1.29 is 14.3 Å². The molecule has 0 saturated carbocycles. The van der Waals surface area contributed by atoms with Crippen LogP contribution in [0.15, 0.2) is 35.6 Å². The first-order valence-corrected chi connectivity index (χ1v) is 8.22. The normalized spacial score (nSPS) is 20.3. The van der Waals surface area contributed by atoms with Gasteiger partial charge in [0.1, 0.15) is 11.7 Å². The van der Waals surface area contributed by atoms with Crippen molar-refractivity contribution in [2.45, 2.75) is 32.6 Å². The number of nitriles is 1. The molecular formula is C18H19ClN2O3. The van der Waals surface area contributed by atoms with Gasteiger partial charge in [0.2, 0.25) is 5.90 Å². The zero-order chi connectivity index (χ0) is 17.7. The third-order valence-electron chi connectivity index (χ3n) is 3.80. The second-order valence-corrected chi connectivity index (χ2v) is 5.85. The van der Waals surface area contributed by atoms with E-state index in [-0.39, 0.29) is 12.5 Å². The number of esters is 1. The molecule has 0 radical (unpaired) electrons. The summed E-state index contributed by atoms with van der Waals surface area (Å²) < 4.78 is 10.7. The minimum atomic E-state index is -0.883. The molecule has 0 aromatic heterocycles. The van der Waals surface area contributed by atoms with Crippen molar-refractivity contribution in [2.24, 2.45) is 5.92 Å². The van der Waals surface area contributed by atoms with Crippen LogP contribution in [0.5, 0.6) is 0 Å². The Hall–Kier alpha value is -2.32. The summed E-state index contributed by atoms with van der Waals surface area (Å²) in [6.45, 7) is 3.91. The lowest BCUT2D eigenvalue weighted by molar-refractivity contribution is -0.139. The maximum atomic E-state index is 12.5. The SMILES string of the molecule is CCCC1=C(C(=O)OCC)C(c2ccc(Cl)cc2)C(C#N)C(=N)O1. The van der Waals surface area contributed by atoms with Gasteiger partial charge in [0.15, 0.2) is 0 Å². The first-order valence-electron chi connectivity index (χ1n) is 7.84. The number of halogens is 1. The summed E-state index contributed by atoms with van der Waals surface area (Å²) in [5.41, 5.74) is 1.05. The predicted octanol–water partition coefficient (Wildman–Crippen LogP) is 4.19. The van der Waals surface area contributed by atoms with Gasteiger partial charge in [-0.05, 0) is 31.0 Å². The maximum absolute atomic E-state index is 12.5. The molecule has 6 heteroatoms. The van der Waals surface area contributed by atoms with E-state index in [4.69, 9.17) is 26.5 Å². The minimum absolute atomic E-state index is 0.144. The van der Waals surface area contributed by atoms with Crippen molar-refractivity contribution in [3.63, 3.8) is 0 Å². The number of carbonyl (C=O) groups is 1. The first-order chi connectivity index (χ1) is 11.5. The number of hydrogen-bond acceptors (Lipinski definition) is 5. The number of allylic oxidation sites excluding steroid dienone is 1. The predicted molar refractivity (Wildman–Crippen MR) is 90.7 cm³/mol. The highest BCUT2D eigenvalue weighted by molar-refractivity contribution is 6.30. The highest BCUT2D eigenvalue weighted by atomic mass is 35.5. The van der Waals surface area contributed by atoms with Crippen LogP contribution >= 0.6 is 11.6 Å². The van der Waals surface area contributed by atoms with Gasteiger partial charge in [-0.25, -0.2) is 4.79 Å². The summed E-state index contributed by atoms with van der Waals surface area (Å²) >= 11 is 5.94. The van der Waals surface area contributed by atoms with E-state index in [1.165, 1.54) is 0 Å². The van der Waals surface area contributed by atoms with Crippen LogP contribution in [-0.2, 0) is 14.3 Å².